The monoisotopic (exact) mass is 455 g/mol. The van der Waals surface area contributed by atoms with E-state index in [1.807, 2.05) is 18.2 Å². The van der Waals surface area contributed by atoms with Crippen molar-refractivity contribution in [3.8, 4) is 11.5 Å². The molecule has 24 heavy (non-hydrogen) atoms. The van der Waals surface area contributed by atoms with Gasteiger partial charge in [0.1, 0.15) is 11.5 Å². The number of para-hydroxylation sites is 2. The van der Waals surface area contributed by atoms with Gasteiger partial charge in [-0.1, -0.05) is 12.1 Å². The summed E-state index contributed by atoms with van der Waals surface area (Å²) in [6, 6.07) is 10.7. The number of hydrogen-bond acceptors (Lipinski definition) is 5. The fraction of sp³-hybridized carbons (Fsp3) is 0.125. The van der Waals surface area contributed by atoms with Gasteiger partial charge in [0.05, 0.1) is 34.5 Å². The molecule has 0 fully saturated rings. The van der Waals surface area contributed by atoms with Crippen LogP contribution in [-0.4, -0.2) is 30.9 Å². The molecule has 2 rings (SSSR count). The lowest BCUT2D eigenvalue weighted by Crippen LogP contribution is -2.26. The van der Waals surface area contributed by atoms with E-state index in [1.54, 1.807) is 25.3 Å². The number of aromatic hydroxyl groups is 1. The molecular weight excluding hydrogens is 442 g/mol. The lowest BCUT2D eigenvalue weighted by Gasteiger charge is -2.09. The number of carbonyl (C=O) groups excluding carboxylic acids is 1. The van der Waals surface area contributed by atoms with Crippen molar-refractivity contribution in [2.75, 3.05) is 19.0 Å². The van der Waals surface area contributed by atoms with Crippen LogP contribution in [-0.2, 0) is 4.79 Å². The summed E-state index contributed by atoms with van der Waals surface area (Å²) in [6.07, 6.45) is 1.48. The average Bonchev–Trinajstić information content (AvgIpc) is 2.58. The third-order valence-corrected chi connectivity index (χ3v) is 4.20. The first kappa shape index (κ1) is 18.3. The van der Waals surface area contributed by atoms with Crippen LogP contribution in [0.4, 0.5) is 5.69 Å². The number of methoxy groups -OCH3 is 1. The standard InChI is InChI=1S/C16H15Br2N3O3/c1-24-14-5-3-2-4-13(14)19-9-15(22)21-20-8-10-6-11(17)16(23)12(18)7-10/h2-8,19,23H,9H2,1H3,(H,21,22)/b20-8-. The van der Waals surface area contributed by atoms with Crippen LogP contribution in [0.25, 0.3) is 0 Å². The van der Waals surface area contributed by atoms with Crippen LogP contribution in [0.2, 0.25) is 0 Å². The molecule has 0 aliphatic rings. The van der Waals surface area contributed by atoms with Crippen LogP contribution < -0.4 is 15.5 Å². The first-order chi connectivity index (χ1) is 11.5. The van der Waals surface area contributed by atoms with E-state index in [-0.39, 0.29) is 18.2 Å². The van der Waals surface area contributed by atoms with Gasteiger partial charge in [-0.3, -0.25) is 4.79 Å². The van der Waals surface area contributed by atoms with Crippen molar-refractivity contribution in [1.29, 1.82) is 0 Å². The van der Waals surface area contributed by atoms with E-state index >= 15 is 0 Å². The predicted molar refractivity (Wildman–Crippen MR) is 101 cm³/mol. The second-order valence-corrected chi connectivity index (χ2v) is 6.39. The third-order valence-electron chi connectivity index (χ3n) is 2.99. The van der Waals surface area contributed by atoms with Crippen LogP contribution >= 0.6 is 31.9 Å². The molecule has 1 amide bonds. The van der Waals surface area contributed by atoms with Crippen molar-refractivity contribution in [2.24, 2.45) is 5.10 Å². The van der Waals surface area contributed by atoms with Gasteiger partial charge < -0.3 is 15.2 Å². The fourth-order valence-electron chi connectivity index (χ4n) is 1.84. The molecule has 0 aliphatic carbocycles. The number of carbonyl (C=O) groups is 1. The van der Waals surface area contributed by atoms with Gasteiger partial charge in [-0.2, -0.15) is 5.10 Å². The van der Waals surface area contributed by atoms with Crippen molar-refractivity contribution in [3.63, 3.8) is 0 Å². The Balaban J connectivity index is 1.89. The SMILES string of the molecule is COc1ccccc1NCC(=O)N/N=C\c1cc(Br)c(O)c(Br)c1. The maximum Gasteiger partial charge on any atom is 0.259 e. The number of halogens is 2. The maximum atomic E-state index is 11.8. The Bertz CT molecular complexity index is 743. The van der Waals surface area contributed by atoms with Crippen LogP contribution in [0.1, 0.15) is 5.56 Å². The van der Waals surface area contributed by atoms with Crippen LogP contribution in [0.15, 0.2) is 50.4 Å². The van der Waals surface area contributed by atoms with E-state index < -0.39 is 0 Å². The first-order valence-corrected chi connectivity index (χ1v) is 8.46. The highest BCUT2D eigenvalue weighted by Gasteiger charge is 2.06. The topological polar surface area (TPSA) is 83.0 Å². The van der Waals surface area contributed by atoms with E-state index in [9.17, 15) is 9.90 Å². The molecule has 126 valence electrons. The Morgan fingerprint density at radius 2 is 1.96 bits per heavy atom. The Kier molecular flexibility index (Phi) is 6.62. The minimum atomic E-state index is -0.297. The quantitative estimate of drug-likeness (QED) is 0.459. The van der Waals surface area contributed by atoms with Crippen molar-refractivity contribution in [1.82, 2.24) is 5.43 Å². The molecule has 0 spiro atoms. The highest BCUT2D eigenvalue weighted by atomic mass is 79.9. The zero-order chi connectivity index (χ0) is 17.5. The molecule has 2 aromatic carbocycles. The lowest BCUT2D eigenvalue weighted by atomic mass is 10.2. The molecule has 0 radical (unpaired) electrons. The van der Waals surface area contributed by atoms with Gasteiger partial charge in [0.15, 0.2) is 0 Å². The van der Waals surface area contributed by atoms with Gasteiger partial charge in [-0.15, -0.1) is 0 Å². The van der Waals surface area contributed by atoms with Crippen molar-refractivity contribution in [3.05, 3.63) is 50.9 Å². The normalized spacial score (nSPS) is 10.6. The van der Waals surface area contributed by atoms with Crippen LogP contribution in [0.5, 0.6) is 11.5 Å². The molecule has 6 nitrogen and oxygen atoms in total. The molecule has 3 N–H and O–H groups in total. The highest BCUT2D eigenvalue weighted by molar-refractivity contribution is 9.11. The van der Waals surface area contributed by atoms with Crippen molar-refractivity contribution >= 4 is 49.7 Å². The molecule has 2 aromatic rings. The third kappa shape index (κ3) is 4.97. The summed E-state index contributed by atoms with van der Waals surface area (Å²) in [7, 11) is 1.57. The molecule has 0 aromatic heterocycles. The Hall–Kier alpha value is -2.06. The molecule has 0 unspecified atom stereocenters. The number of hydrogen-bond donors (Lipinski definition) is 3. The number of phenols is 1. The Morgan fingerprint density at radius 3 is 2.62 bits per heavy atom. The summed E-state index contributed by atoms with van der Waals surface area (Å²) in [6.45, 7) is 0.0562. The highest BCUT2D eigenvalue weighted by Crippen LogP contribution is 2.32. The van der Waals surface area contributed by atoms with Gasteiger partial charge in [0, 0.05) is 0 Å². The van der Waals surface area contributed by atoms with Crippen LogP contribution in [0, 0.1) is 0 Å². The predicted octanol–water partition coefficient (Wildman–Crippen LogP) is 3.49. The fourth-order valence-corrected chi connectivity index (χ4v) is 3.07. The van der Waals surface area contributed by atoms with E-state index in [4.69, 9.17) is 4.74 Å². The zero-order valence-electron chi connectivity index (χ0n) is 12.7. The van der Waals surface area contributed by atoms with E-state index in [1.165, 1.54) is 6.21 Å². The van der Waals surface area contributed by atoms with Gasteiger partial charge >= 0.3 is 0 Å². The maximum absolute atomic E-state index is 11.8. The molecule has 0 atom stereocenters. The summed E-state index contributed by atoms with van der Waals surface area (Å²) in [5, 5.41) is 16.5. The largest absolute Gasteiger partial charge is 0.506 e. The average molecular weight is 457 g/mol. The number of anilines is 1. The number of rotatable bonds is 6. The molecule has 0 bridgehead atoms. The number of ether oxygens (including phenoxy) is 1. The summed E-state index contributed by atoms with van der Waals surface area (Å²) in [4.78, 5) is 11.8. The Labute approximate surface area is 156 Å². The first-order valence-electron chi connectivity index (χ1n) is 6.88. The van der Waals surface area contributed by atoms with Crippen LogP contribution in [0.3, 0.4) is 0 Å². The van der Waals surface area contributed by atoms with Gasteiger partial charge in [-0.25, -0.2) is 5.43 Å². The van der Waals surface area contributed by atoms with Crippen molar-refractivity contribution in [2.45, 2.75) is 0 Å². The van der Waals surface area contributed by atoms with Gasteiger partial charge in [0.2, 0.25) is 0 Å². The lowest BCUT2D eigenvalue weighted by molar-refractivity contribution is -0.119. The van der Waals surface area contributed by atoms with E-state index in [0.717, 1.165) is 5.69 Å². The number of phenolic OH excluding ortho intramolecular Hbond substituents is 1. The zero-order valence-corrected chi connectivity index (χ0v) is 15.9. The summed E-state index contributed by atoms with van der Waals surface area (Å²) in [5.74, 6) is 0.471. The minimum Gasteiger partial charge on any atom is -0.506 e. The number of nitrogens with zero attached hydrogens (tertiary/aromatic N) is 1. The molecule has 0 heterocycles. The molecule has 8 heteroatoms. The molecule has 0 saturated carbocycles. The number of amides is 1. The number of nitrogens with one attached hydrogen (secondary N) is 2. The summed E-state index contributed by atoms with van der Waals surface area (Å²) >= 11 is 6.46. The number of hydrazone groups is 1. The minimum absolute atomic E-state index is 0.0562. The number of benzene rings is 2. The molecular formula is C16H15Br2N3O3. The van der Waals surface area contributed by atoms with Gasteiger partial charge in [0.25, 0.3) is 5.91 Å². The second kappa shape index (κ2) is 8.70. The second-order valence-electron chi connectivity index (χ2n) is 4.68. The molecule has 0 saturated heterocycles. The van der Waals surface area contributed by atoms with Gasteiger partial charge in [-0.05, 0) is 61.7 Å². The summed E-state index contributed by atoms with van der Waals surface area (Å²) in [5.41, 5.74) is 3.87. The van der Waals surface area contributed by atoms with E-state index in [2.05, 4.69) is 47.7 Å². The molecule has 0 aliphatic heterocycles. The van der Waals surface area contributed by atoms with E-state index in [0.29, 0.717) is 20.3 Å². The smallest absolute Gasteiger partial charge is 0.259 e. The van der Waals surface area contributed by atoms with Crippen molar-refractivity contribution < 1.29 is 14.6 Å². The Morgan fingerprint density at radius 1 is 1.29 bits per heavy atom. The summed E-state index contributed by atoms with van der Waals surface area (Å²) < 4.78 is 6.26.